The van der Waals surface area contributed by atoms with E-state index < -0.39 is 5.97 Å². The quantitative estimate of drug-likeness (QED) is 0.348. The van der Waals surface area contributed by atoms with Crippen molar-refractivity contribution in [3.63, 3.8) is 0 Å². The van der Waals surface area contributed by atoms with Gasteiger partial charge < -0.3 is 19.3 Å². The van der Waals surface area contributed by atoms with Crippen molar-refractivity contribution in [2.75, 3.05) is 19.8 Å². The fourth-order valence-corrected chi connectivity index (χ4v) is 5.10. The molecule has 1 heterocycles. The summed E-state index contributed by atoms with van der Waals surface area (Å²) in [6.07, 6.45) is 1.43. The molecule has 1 aliphatic heterocycles. The molecular formula is C31H33FO5. The number of carbonyl (C=O) groups is 1. The predicted molar refractivity (Wildman–Crippen MR) is 139 cm³/mol. The fourth-order valence-electron chi connectivity index (χ4n) is 5.10. The van der Waals surface area contributed by atoms with E-state index in [1.165, 1.54) is 6.07 Å². The van der Waals surface area contributed by atoms with Gasteiger partial charge in [-0.3, -0.25) is 4.79 Å². The summed E-state index contributed by atoms with van der Waals surface area (Å²) in [5.74, 6) is 0.384. The third-order valence-electron chi connectivity index (χ3n) is 7.36. The number of halogens is 1. The second-order valence-electron chi connectivity index (χ2n) is 10.9. The van der Waals surface area contributed by atoms with Gasteiger partial charge in [-0.15, -0.1) is 0 Å². The highest BCUT2D eigenvalue weighted by atomic mass is 19.1. The lowest BCUT2D eigenvalue weighted by Gasteiger charge is -2.37. The smallest absolute Gasteiger partial charge is 0.306 e. The average molecular weight is 505 g/mol. The molecule has 6 heteroatoms. The molecule has 5 rings (SSSR count). The first kappa shape index (κ1) is 25.3. The Labute approximate surface area is 217 Å². The van der Waals surface area contributed by atoms with E-state index in [9.17, 15) is 9.18 Å². The number of rotatable bonds is 10. The average Bonchev–Trinajstić information content (AvgIpc) is 3.61. The summed E-state index contributed by atoms with van der Waals surface area (Å²) in [6.45, 7) is 8.41. The lowest BCUT2D eigenvalue weighted by molar-refractivity contribution is -0.138. The molecule has 1 aliphatic carbocycles. The van der Waals surface area contributed by atoms with Gasteiger partial charge in [0.2, 0.25) is 0 Å². The molecule has 0 radical (unpaired) electrons. The van der Waals surface area contributed by atoms with E-state index in [0.29, 0.717) is 24.3 Å². The summed E-state index contributed by atoms with van der Waals surface area (Å²) in [5, 5.41) is 9.14. The highest BCUT2D eigenvalue weighted by Gasteiger charge is 2.42. The maximum atomic E-state index is 14.7. The van der Waals surface area contributed by atoms with Crippen LogP contribution in [0.5, 0.6) is 11.5 Å². The molecule has 3 aromatic rings. The number of carboxylic acid groups (broad SMARTS) is 1. The van der Waals surface area contributed by atoms with Gasteiger partial charge in [0.25, 0.3) is 0 Å². The molecular weight excluding hydrogens is 471 g/mol. The minimum absolute atomic E-state index is 0.0741. The second-order valence-corrected chi connectivity index (χ2v) is 10.9. The van der Waals surface area contributed by atoms with Gasteiger partial charge in [0.1, 0.15) is 23.9 Å². The van der Waals surface area contributed by atoms with Crippen molar-refractivity contribution in [1.82, 2.24) is 0 Å². The normalized spacial score (nSPS) is 19.7. The zero-order chi connectivity index (χ0) is 26.2. The van der Waals surface area contributed by atoms with Gasteiger partial charge in [-0.1, -0.05) is 25.1 Å². The Hall–Kier alpha value is -3.38. The number of hydrogen-bond donors (Lipinski definition) is 1. The predicted octanol–water partition coefficient (Wildman–Crippen LogP) is 6.37. The summed E-state index contributed by atoms with van der Waals surface area (Å²) in [6, 6.07) is 16.8. The van der Waals surface area contributed by atoms with Crippen LogP contribution >= 0.6 is 0 Å². The third-order valence-corrected chi connectivity index (χ3v) is 7.36. The lowest BCUT2D eigenvalue weighted by atomic mass is 9.90. The summed E-state index contributed by atoms with van der Waals surface area (Å²) in [5.41, 5.74) is 5.71. The first-order valence-electron chi connectivity index (χ1n) is 12.8. The molecule has 1 N–H and O–H groups in total. The molecule has 0 spiro atoms. The van der Waals surface area contributed by atoms with Gasteiger partial charge >= 0.3 is 5.97 Å². The van der Waals surface area contributed by atoms with E-state index in [1.54, 1.807) is 6.07 Å². The summed E-state index contributed by atoms with van der Waals surface area (Å²) in [4.78, 5) is 11.1. The van der Waals surface area contributed by atoms with Gasteiger partial charge in [-0.25, -0.2) is 4.39 Å². The van der Waals surface area contributed by atoms with Crippen LogP contribution in [0, 0.1) is 36.9 Å². The molecule has 1 saturated carbocycles. The van der Waals surface area contributed by atoms with Crippen LogP contribution in [0.2, 0.25) is 0 Å². The number of aliphatic carboxylic acids is 1. The Morgan fingerprint density at radius 3 is 2.46 bits per heavy atom. The maximum absolute atomic E-state index is 14.7. The highest BCUT2D eigenvalue weighted by molar-refractivity contribution is 5.73. The molecule has 37 heavy (non-hydrogen) atoms. The van der Waals surface area contributed by atoms with Crippen LogP contribution < -0.4 is 9.47 Å². The summed E-state index contributed by atoms with van der Waals surface area (Å²) in [7, 11) is 0. The van der Waals surface area contributed by atoms with E-state index in [1.807, 2.05) is 56.3 Å². The van der Waals surface area contributed by atoms with Crippen molar-refractivity contribution in [3.8, 4) is 22.6 Å². The summed E-state index contributed by atoms with van der Waals surface area (Å²) >= 11 is 0. The Balaban J connectivity index is 1.27. The zero-order valence-corrected chi connectivity index (χ0v) is 21.6. The van der Waals surface area contributed by atoms with Crippen molar-refractivity contribution < 1.29 is 28.5 Å². The van der Waals surface area contributed by atoms with Gasteiger partial charge in [-0.2, -0.15) is 0 Å². The number of ether oxygens (including phenoxy) is 3. The second kappa shape index (κ2) is 10.2. The van der Waals surface area contributed by atoms with Crippen LogP contribution in [0.25, 0.3) is 11.1 Å². The van der Waals surface area contributed by atoms with Crippen LogP contribution in [0.15, 0.2) is 54.6 Å². The number of benzene rings is 3. The van der Waals surface area contributed by atoms with Gasteiger partial charge in [0.05, 0.1) is 25.7 Å². The van der Waals surface area contributed by atoms with Gasteiger partial charge in [0, 0.05) is 11.0 Å². The standard InChI is InChI=1S/C31H33FO5/c1-19-9-26(37-18-31(3)16-35-17-31)10-20(2)29(19)22-7-8-28(32)24(13-22)15-36-25-6-4-5-21(12-25)11-23-14-27(23)30(33)34/h4-10,12-13,23,27H,11,14-18H2,1-3H3,(H,33,34)/t23-,27?/m1/s1. The fraction of sp³-hybridized carbons (Fsp3) is 0.387. The van der Waals surface area contributed by atoms with Crippen LogP contribution in [0.1, 0.15) is 35.6 Å². The third kappa shape index (κ3) is 5.80. The largest absolute Gasteiger partial charge is 0.493 e. The molecule has 194 valence electrons. The number of aryl methyl sites for hydroxylation is 2. The van der Waals surface area contributed by atoms with Crippen LogP contribution in [0.4, 0.5) is 4.39 Å². The van der Waals surface area contributed by atoms with E-state index in [-0.39, 0.29) is 29.7 Å². The van der Waals surface area contributed by atoms with E-state index in [2.05, 4.69) is 6.92 Å². The van der Waals surface area contributed by atoms with Crippen LogP contribution in [-0.4, -0.2) is 30.9 Å². The molecule has 1 unspecified atom stereocenters. The first-order valence-corrected chi connectivity index (χ1v) is 12.8. The SMILES string of the molecule is Cc1cc(OCC2(C)COC2)cc(C)c1-c1ccc(F)c(COc2cccc(C[C@@H]3CC3C(=O)O)c2)c1. The van der Waals surface area contributed by atoms with Crippen molar-refractivity contribution in [2.24, 2.45) is 17.3 Å². The van der Waals surface area contributed by atoms with Crippen molar-refractivity contribution >= 4 is 5.97 Å². The van der Waals surface area contributed by atoms with E-state index >= 15 is 0 Å². The molecule has 2 atom stereocenters. The number of hydrogen-bond acceptors (Lipinski definition) is 4. The highest BCUT2D eigenvalue weighted by Crippen LogP contribution is 2.41. The topological polar surface area (TPSA) is 65.0 Å². The van der Waals surface area contributed by atoms with Gasteiger partial charge in [0.15, 0.2) is 0 Å². The van der Waals surface area contributed by atoms with Gasteiger partial charge in [-0.05, 0) is 96.8 Å². The van der Waals surface area contributed by atoms with Crippen molar-refractivity contribution in [1.29, 1.82) is 0 Å². The molecule has 1 saturated heterocycles. The maximum Gasteiger partial charge on any atom is 0.306 e. The first-order chi connectivity index (χ1) is 17.7. The molecule has 3 aromatic carbocycles. The van der Waals surface area contributed by atoms with Crippen molar-refractivity contribution in [3.05, 3.63) is 82.7 Å². The monoisotopic (exact) mass is 504 g/mol. The molecule has 0 amide bonds. The molecule has 0 bridgehead atoms. The zero-order valence-electron chi connectivity index (χ0n) is 21.6. The Bertz CT molecular complexity index is 1290. The van der Waals surface area contributed by atoms with E-state index in [0.717, 1.165) is 53.2 Å². The molecule has 2 fully saturated rings. The van der Waals surface area contributed by atoms with Crippen LogP contribution in [-0.2, 0) is 22.6 Å². The van der Waals surface area contributed by atoms with Crippen LogP contribution in [0.3, 0.4) is 0 Å². The lowest BCUT2D eigenvalue weighted by Crippen LogP contribution is -2.44. The summed E-state index contributed by atoms with van der Waals surface area (Å²) < 4.78 is 32.0. The molecule has 2 aliphatic rings. The Morgan fingerprint density at radius 1 is 1.05 bits per heavy atom. The minimum atomic E-state index is -0.724. The van der Waals surface area contributed by atoms with E-state index in [4.69, 9.17) is 19.3 Å². The molecule has 5 nitrogen and oxygen atoms in total. The number of carboxylic acids is 1. The van der Waals surface area contributed by atoms with Crippen molar-refractivity contribution in [2.45, 2.75) is 40.2 Å². The minimum Gasteiger partial charge on any atom is -0.493 e. The molecule has 0 aromatic heterocycles. The Morgan fingerprint density at radius 2 is 1.81 bits per heavy atom. The Kier molecular flexibility index (Phi) is 6.95.